The normalized spacial score (nSPS) is 11.3. The fourth-order valence-corrected chi connectivity index (χ4v) is 2.98. The Hall–Kier alpha value is -2.07. The number of halogens is 1. The summed E-state index contributed by atoms with van der Waals surface area (Å²) >= 11 is 6.06. The third kappa shape index (κ3) is 3.17. The van der Waals surface area contributed by atoms with Crippen LogP contribution in [0.15, 0.2) is 41.3 Å². The molecule has 0 aliphatic heterocycles. The second-order valence-electron chi connectivity index (χ2n) is 5.79. The second-order valence-corrected chi connectivity index (χ2v) is 6.23. The Balaban J connectivity index is 2.12. The fourth-order valence-electron chi connectivity index (χ4n) is 2.79. The van der Waals surface area contributed by atoms with E-state index in [-0.39, 0.29) is 5.56 Å². The maximum absolute atomic E-state index is 12.3. The highest BCUT2D eigenvalue weighted by atomic mass is 35.5. The molecule has 0 amide bonds. The summed E-state index contributed by atoms with van der Waals surface area (Å²) in [5, 5.41) is 0.661. The van der Waals surface area contributed by atoms with Crippen LogP contribution in [0.3, 0.4) is 0 Å². The van der Waals surface area contributed by atoms with E-state index in [9.17, 15) is 4.79 Å². The Morgan fingerprint density at radius 2 is 2.04 bits per heavy atom. The summed E-state index contributed by atoms with van der Waals surface area (Å²) in [5.41, 5.74) is 2.57. The average molecular weight is 330 g/mol. The van der Waals surface area contributed by atoms with Crippen LogP contribution in [0.1, 0.15) is 31.9 Å². The summed E-state index contributed by atoms with van der Waals surface area (Å²) in [7, 11) is 0. The molecular formula is C18H20ClN3O. The molecule has 2 aromatic heterocycles. The van der Waals surface area contributed by atoms with E-state index in [0.717, 1.165) is 36.3 Å². The van der Waals surface area contributed by atoms with Gasteiger partial charge in [0, 0.05) is 35.1 Å². The molecule has 0 aliphatic rings. The lowest BCUT2D eigenvalue weighted by atomic mass is 10.2. The molecule has 0 saturated heterocycles. The first-order valence-electron chi connectivity index (χ1n) is 7.95. The number of aromatic nitrogens is 3. The van der Waals surface area contributed by atoms with Crippen molar-refractivity contribution in [3.8, 4) is 11.3 Å². The third-order valence-corrected chi connectivity index (χ3v) is 4.27. The van der Waals surface area contributed by atoms with E-state index in [1.54, 1.807) is 16.7 Å². The molecule has 0 aliphatic carbocycles. The summed E-state index contributed by atoms with van der Waals surface area (Å²) in [6.45, 7) is 5.01. The maximum Gasteiger partial charge on any atom is 0.259 e. The topological polar surface area (TPSA) is 39.3 Å². The highest BCUT2D eigenvalue weighted by Gasteiger charge is 2.11. The van der Waals surface area contributed by atoms with Gasteiger partial charge in [-0.3, -0.25) is 9.20 Å². The summed E-state index contributed by atoms with van der Waals surface area (Å²) in [4.78, 5) is 17.0. The van der Waals surface area contributed by atoms with Gasteiger partial charge in [-0.25, -0.2) is 4.98 Å². The number of fused-ring (bicyclic) bond motifs is 1. The number of nitrogens with zero attached hydrogens (tertiary/aromatic N) is 3. The minimum atomic E-state index is -0.0509. The molecule has 1 aromatic carbocycles. The van der Waals surface area contributed by atoms with E-state index in [1.807, 2.05) is 31.2 Å². The Morgan fingerprint density at radius 1 is 1.22 bits per heavy atom. The van der Waals surface area contributed by atoms with Crippen molar-refractivity contribution in [2.45, 2.75) is 39.7 Å². The smallest absolute Gasteiger partial charge is 0.259 e. The van der Waals surface area contributed by atoms with E-state index in [1.165, 1.54) is 6.42 Å². The number of hydrogen-bond donors (Lipinski definition) is 0. The van der Waals surface area contributed by atoms with Crippen LogP contribution in [0.2, 0.25) is 5.02 Å². The first-order valence-corrected chi connectivity index (χ1v) is 8.33. The van der Waals surface area contributed by atoms with Gasteiger partial charge in [0.15, 0.2) is 0 Å². The minimum Gasteiger partial charge on any atom is -0.315 e. The second kappa shape index (κ2) is 6.59. The Bertz CT molecular complexity index is 895. The Morgan fingerprint density at radius 3 is 2.78 bits per heavy atom. The number of hydrogen-bond acceptors (Lipinski definition) is 2. The first kappa shape index (κ1) is 15.8. The molecule has 0 fully saturated rings. The van der Waals surface area contributed by atoms with Crippen molar-refractivity contribution in [1.82, 2.24) is 14.0 Å². The largest absolute Gasteiger partial charge is 0.315 e. The van der Waals surface area contributed by atoms with Crippen LogP contribution in [0, 0.1) is 6.92 Å². The first-order chi connectivity index (χ1) is 11.1. The molecule has 4 nitrogen and oxygen atoms in total. The van der Waals surface area contributed by atoms with Gasteiger partial charge in [0.25, 0.3) is 5.56 Å². The highest BCUT2D eigenvalue weighted by Crippen LogP contribution is 2.22. The summed E-state index contributed by atoms with van der Waals surface area (Å²) in [6.07, 6.45) is 5.20. The van der Waals surface area contributed by atoms with E-state index in [2.05, 4.69) is 11.5 Å². The molecule has 0 saturated carbocycles. The number of rotatable bonds is 5. The fraction of sp³-hybridized carbons (Fsp3) is 0.333. The Labute approximate surface area is 140 Å². The zero-order valence-corrected chi connectivity index (χ0v) is 14.2. The zero-order valence-electron chi connectivity index (χ0n) is 13.4. The molecule has 0 radical (unpaired) electrons. The van der Waals surface area contributed by atoms with Gasteiger partial charge in [-0.05, 0) is 25.5 Å². The van der Waals surface area contributed by atoms with Gasteiger partial charge in [0.2, 0.25) is 5.78 Å². The van der Waals surface area contributed by atoms with Gasteiger partial charge < -0.3 is 4.57 Å². The minimum absolute atomic E-state index is 0.0509. The van der Waals surface area contributed by atoms with Crippen molar-refractivity contribution in [3.05, 3.63) is 57.6 Å². The third-order valence-electron chi connectivity index (χ3n) is 4.03. The molecule has 0 N–H and O–H groups in total. The number of aryl methyl sites for hydroxylation is 2. The van der Waals surface area contributed by atoms with Gasteiger partial charge in [0.05, 0.1) is 5.69 Å². The van der Waals surface area contributed by atoms with E-state index in [4.69, 9.17) is 16.6 Å². The van der Waals surface area contributed by atoms with Crippen molar-refractivity contribution in [3.63, 3.8) is 0 Å². The van der Waals surface area contributed by atoms with Crippen LogP contribution in [0.4, 0.5) is 0 Å². The van der Waals surface area contributed by atoms with Crippen LogP contribution in [-0.2, 0) is 6.54 Å². The molecular weight excluding hydrogens is 310 g/mol. The van der Waals surface area contributed by atoms with Crippen molar-refractivity contribution < 1.29 is 0 Å². The number of unbranched alkanes of at least 4 members (excludes halogenated alkanes) is 2. The number of benzene rings is 1. The van der Waals surface area contributed by atoms with Crippen LogP contribution in [-0.4, -0.2) is 14.0 Å². The molecule has 0 atom stereocenters. The van der Waals surface area contributed by atoms with Crippen LogP contribution in [0.25, 0.3) is 17.0 Å². The quantitative estimate of drug-likeness (QED) is 0.654. The maximum atomic E-state index is 12.3. The van der Waals surface area contributed by atoms with Gasteiger partial charge >= 0.3 is 0 Å². The van der Waals surface area contributed by atoms with Gasteiger partial charge in [-0.15, -0.1) is 0 Å². The van der Waals surface area contributed by atoms with Crippen molar-refractivity contribution in [2.75, 3.05) is 0 Å². The molecule has 0 bridgehead atoms. The van der Waals surface area contributed by atoms with Gasteiger partial charge in [-0.1, -0.05) is 43.5 Å². The number of imidazole rings is 1. The highest BCUT2D eigenvalue weighted by molar-refractivity contribution is 6.30. The average Bonchev–Trinajstić information content (AvgIpc) is 2.96. The molecule has 23 heavy (non-hydrogen) atoms. The van der Waals surface area contributed by atoms with E-state index < -0.39 is 0 Å². The molecule has 2 heterocycles. The predicted molar refractivity (Wildman–Crippen MR) is 94.2 cm³/mol. The van der Waals surface area contributed by atoms with E-state index >= 15 is 0 Å². The molecule has 3 rings (SSSR count). The summed E-state index contributed by atoms with van der Waals surface area (Å²) in [6, 6.07) is 9.20. The molecule has 0 spiro atoms. The van der Waals surface area contributed by atoms with E-state index in [0.29, 0.717) is 10.8 Å². The van der Waals surface area contributed by atoms with Crippen LogP contribution < -0.4 is 5.56 Å². The lowest BCUT2D eigenvalue weighted by Gasteiger charge is -2.11. The van der Waals surface area contributed by atoms with Crippen molar-refractivity contribution in [2.24, 2.45) is 0 Å². The summed E-state index contributed by atoms with van der Waals surface area (Å²) < 4.78 is 3.74. The van der Waals surface area contributed by atoms with Crippen LogP contribution >= 0.6 is 11.6 Å². The summed E-state index contributed by atoms with van der Waals surface area (Å²) in [5.74, 6) is 0.695. The predicted octanol–water partition coefficient (Wildman–Crippen LogP) is 4.32. The van der Waals surface area contributed by atoms with Crippen molar-refractivity contribution in [1.29, 1.82) is 0 Å². The SMILES string of the molecule is CCCCCn1c(C)cc(=O)n2cc(-c3cccc(Cl)c3)nc12. The lowest BCUT2D eigenvalue weighted by Crippen LogP contribution is -2.18. The molecule has 5 heteroatoms. The van der Waals surface area contributed by atoms with Crippen LogP contribution in [0.5, 0.6) is 0 Å². The Kier molecular flexibility index (Phi) is 4.53. The van der Waals surface area contributed by atoms with Gasteiger partial charge in [-0.2, -0.15) is 0 Å². The lowest BCUT2D eigenvalue weighted by molar-refractivity contribution is 0.590. The molecule has 120 valence electrons. The molecule has 0 unspecified atom stereocenters. The van der Waals surface area contributed by atoms with Crippen molar-refractivity contribution >= 4 is 17.4 Å². The monoisotopic (exact) mass is 329 g/mol. The standard InChI is InChI=1S/C18H20ClN3O/c1-3-4-5-9-21-13(2)10-17(23)22-12-16(20-18(21)22)14-7-6-8-15(19)11-14/h6-8,10-12H,3-5,9H2,1-2H3. The zero-order chi connectivity index (χ0) is 16.4. The van der Waals surface area contributed by atoms with Gasteiger partial charge in [0.1, 0.15) is 0 Å². The molecule has 3 aromatic rings.